The number of likely N-dealkylation sites (N-methyl/N-ethyl adjacent to an activating group) is 1. The summed E-state index contributed by atoms with van der Waals surface area (Å²) in [7, 11) is 0. The number of rotatable bonds is 3. The Morgan fingerprint density at radius 3 is 2.68 bits per heavy atom. The van der Waals surface area contributed by atoms with E-state index in [1.54, 1.807) is 9.80 Å². The number of nitrogens with zero attached hydrogens (tertiary/aromatic N) is 2. The molecule has 6 heteroatoms. The molecule has 0 atom stereocenters. The molecule has 1 aromatic rings. The number of carbonyl (C=O) groups excluding carboxylic acids is 2. The first kappa shape index (κ1) is 16.1. The molecule has 0 saturated carbocycles. The molecule has 1 aliphatic rings. The van der Waals surface area contributed by atoms with Crippen molar-refractivity contribution in [2.45, 2.75) is 13.3 Å². The lowest BCUT2D eigenvalue weighted by Gasteiger charge is -2.19. The van der Waals surface area contributed by atoms with E-state index in [0.717, 1.165) is 12.1 Å². The molecule has 1 heterocycles. The molecule has 1 saturated heterocycles. The summed E-state index contributed by atoms with van der Waals surface area (Å²) in [5.41, 5.74) is 0.410. The first-order valence-electron chi connectivity index (χ1n) is 7.21. The number of hydrogen-bond acceptors (Lipinski definition) is 2. The van der Waals surface area contributed by atoms with Crippen LogP contribution < -0.4 is 0 Å². The quantitative estimate of drug-likeness (QED) is 0.802. The Balaban J connectivity index is 2.00. The van der Waals surface area contributed by atoms with E-state index in [4.69, 9.17) is 0 Å². The van der Waals surface area contributed by atoms with Crippen LogP contribution >= 0.6 is 0 Å². The molecule has 1 aromatic carbocycles. The summed E-state index contributed by atoms with van der Waals surface area (Å²) in [6.07, 6.45) is 3.06. The molecule has 2 amide bonds. The van der Waals surface area contributed by atoms with Gasteiger partial charge in [0.2, 0.25) is 11.8 Å². The van der Waals surface area contributed by atoms with Crippen molar-refractivity contribution in [3.63, 3.8) is 0 Å². The second kappa shape index (κ2) is 7.15. The van der Waals surface area contributed by atoms with Crippen molar-refractivity contribution in [3.05, 3.63) is 41.5 Å². The average Bonchev–Trinajstić information content (AvgIpc) is 2.69. The van der Waals surface area contributed by atoms with Crippen molar-refractivity contribution in [1.82, 2.24) is 9.80 Å². The highest BCUT2D eigenvalue weighted by Gasteiger charge is 2.21. The summed E-state index contributed by atoms with van der Waals surface area (Å²) in [5.74, 6) is -2.07. The molecule has 0 unspecified atom stereocenters. The van der Waals surface area contributed by atoms with Crippen molar-refractivity contribution in [2.24, 2.45) is 0 Å². The molecule has 4 nitrogen and oxygen atoms in total. The fraction of sp³-hybridized carbons (Fsp3) is 0.375. The highest BCUT2D eigenvalue weighted by Crippen LogP contribution is 2.11. The number of amides is 2. The second-order valence-electron chi connectivity index (χ2n) is 5.06. The van der Waals surface area contributed by atoms with Crippen LogP contribution in [0.2, 0.25) is 0 Å². The van der Waals surface area contributed by atoms with E-state index < -0.39 is 11.6 Å². The lowest BCUT2D eigenvalue weighted by Crippen LogP contribution is -2.35. The topological polar surface area (TPSA) is 40.6 Å². The van der Waals surface area contributed by atoms with E-state index >= 15 is 0 Å². The predicted octanol–water partition coefficient (Wildman–Crippen LogP) is 2.06. The average molecular weight is 308 g/mol. The number of hydrogen-bond donors (Lipinski definition) is 0. The van der Waals surface area contributed by atoms with Crippen LogP contribution in [0.5, 0.6) is 0 Å². The molecule has 22 heavy (non-hydrogen) atoms. The normalized spacial score (nSPS) is 16.2. The van der Waals surface area contributed by atoms with Gasteiger partial charge in [-0.1, -0.05) is 6.07 Å². The van der Waals surface area contributed by atoms with Gasteiger partial charge in [-0.25, -0.2) is 8.78 Å². The zero-order chi connectivity index (χ0) is 16.1. The Morgan fingerprint density at radius 2 is 2.00 bits per heavy atom. The van der Waals surface area contributed by atoms with Crippen molar-refractivity contribution < 1.29 is 18.4 Å². The van der Waals surface area contributed by atoms with Gasteiger partial charge in [-0.05, 0) is 30.7 Å². The van der Waals surface area contributed by atoms with Gasteiger partial charge >= 0.3 is 0 Å². The molecular weight excluding hydrogens is 290 g/mol. The maximum atomic E-state index is 13.1. The standard InChI is InChI=1S/C16H18F2N2O2/c1-2-19-9-10-20(8-7-16(19)22)15(21)6-4-12-3-5-13(17)14(18)11-12/h3-6,11H,2,7-10H2,1H3. The van der Waals surface area contributed by atoms with Gasteiger partial charge in [0.1, 0.15) is 0 Å². The van der Waals surface area contributed by atoms with E-state index in [2.05, 4.69) is 0 Å². The van der Waals surface area contributed by atoms with Crippen LogP contribution in [0, 0.1) is 11.6 Å². The minimum Gasteiger partial charge on any atom is -0.341 e. The summed E-state index contributed by atoms with van der Waals surface area (Å²) in [6.45, 7) is 3.89. The van der Waals surface area contributed by atoms with Crippen LogP contribution in [-0.4, -0.2) is 47.8 Å². The summed E-state index contributed by atoms with van der Waals surface area (Å²) < 4.78 is 25.9. The molecule has 0 aliphatic carbocycles. The van der Waals surface area contributed by atoms with E-state index in [-0.39, 0.29) is 11.8 Å². The summed E-state index contributed by atoms with van der Waals surface area (Å²) in [6, 6.07) is 3.44. The molecule has 0 radical (unpaired) electrons. The summed E-state index contributed by atoms with van der Waals surface area (Å²) in [5, 5.41) is 0. The third-order valence-corrected chi connectivity index (χ3v) is 3.64. The summed E-state index contributed by atoms with van der Waals surface area (Å²) in [4.78, 5) is 27.2. The zero-order valence-corrected chi connectivity index (χ0v) is 12.4. The molecule has 0 N–H and O–H groups in total. The molecule has 0 bridgehead atoms. The lowest BCUT2D eigenvalue weighted by atomic mass is 10.2. The third-order valence-electron chi connectivity index (χ3n) is 3.64. The van der Waals surface area contributed by atoms with Crippen LogP contribution in [0.15, 0.2) is 24.3 Å². The van der Waals surface area contributed by atoms with Gasteiger partial charge in [0.05, 0.1) is 0 Å². The van der Waals surface area contributed by atoms with Gasteiger partial charge in [-0.2, -0.15) is 0 Å². The van der Waals surface area contributed by atoms with Crippen molar-refractivity contribution >= 4 is 17.9 Å². The van der Waals surface area contributed by atoms with Crippen LogP contribution in [0.1, 0.15) is 18.9 Å². The van der Waals surface area contributed by atoms with E-state index in [0.29, 0.717) is 38.2 Å². The van der Waals surface area contributed by atoms with E-state index in [9.17, 15) is 18.4 Å². The second-order valence-corrected chi connectivity index (χ2v) is 5.06. The molecule has 0 spiro atoms. The van der Waals surface area contributed by atoms with Crippen LogP contribution in [0.3, 0.4) is 0 Å². The molecule has 1 aliphatic heterocycles. The Morgan fingerprint density at radius 1 is 1.23 bits per heavy atom. The SMILES string of the molecule is CCN1CCN(C(=O)C=Cc2ccc(F)c(F)c2)CCC1=O. The van der Waals surface area contributed by atoms with Gasteiger partial charge in [0.25, 0.3) is 0 Å². The smallest absolute Gasteiger partial charge is 0.246 e. The van der Waals surface area contributed by atoms with Crippen LogP contribution in [-0.2, 0) is 9.59 Å². The van der Waals surface area contributed by atoms with Gasteiger partial charge in [-0.15, -0.1) is 0 Å². The van der Waals surface area contributed by atoms with Gasteiger partial charge < -0.3 is 9.80 Å². The van der Waals surface area contributed by atoms with Gasteiger partial charge in [-0.3, -0.25) is 9.59 Å². The molecule has 1 fully saturated rings. The van der Waals surface area contributed by atoms with Crippen LogP contribution in [0.25, 0.3) is 6.08 Å². The minimum absolute atomic E-state index is 0.0439. The fourth-order valence-corrected chi connectivity index (χ4v) is 2.31. The Kier molecular flexibility index (Phi) is 5.25. The Bertz CT molecular complexity index is 602. The maximum absolute atomic E-state index is 13.1. The predicted molar refractivity (Wildman–Crippen MR) is 78.8 cm³/mol. The number of benzene rings is 1. The Hall–Kier alpha value is -2.24. The molecule has 118 valence electrons. The van der Waals surface area contributed by atoms with Gasteiger partial charge in [0.15, 0.2) is 11.6 Å². The third kappa shape index (κ3) is 3.90. The monoisotopic (exact) mass is 308 g/mol. The molecule has 2 rings (SSSR count). The van der Waals surface area contributed by atoms with Crippen molar-refractivity contribution in [3.8, 4) is 0 Å². The van der Waals surface area contributed by atoms with Crippen molar-refractivity contribution in [1.29, 1.82) is 0 Å². The minimum atomic E-state index is -0.950. The van der Waals surface area contributed by atoms with Crippen molar-refractivity contribution in [2.75, 3.05) is 26.2 Å². The molecule has 0 aromatic heterocycles. The summed E-state index contributed by atoms with van der Waals surface area (Å²) >= 11 is 0. The fourth-order valence-electron chi connectivity index (χ4n) is 2.31. The van der Waals surface area contributed by atoms with E-state index in [1.165, 1.54) is 18.2 Å². The number of carbonyl (C=O) groups is 2. The Labute approximate surface area is 128 Å². The van der Waals surface area contributed by atoms with Crippen LogP contribution in [0.4, 0.5) is 8.78 Å². The van der Waals surface area contributed by atoms with Gasteiger partial charge in [0, 0.05) is 38.7 Å². The zero-order valence-electron chi connectivity index (χ0n) is 12.4. The number of halogens is 2. The molecular formula is C16H18F2N2O2. The maximum Gasteiger partial charge on any atom is 0.246 e. The lowest BCUT2D eigenvalue weighted by molar-refractivity contribution is -0.130. The van der Waals surface area contributed by atoms with E-state index in [1.807, 2.05) is 6.92 Å². The first-order valence-corrected chi connectivity index (χ1v) is 7.21. The highest BCUT2D eigenvalue weighted by atomic mass is 19.2. The highest BCUT2D eigenvalue weighted by molar-refractivity contribution is 5.92. The first-order chi connectivity index (χ1) is 10.5. The largest absolute Gasteiger partial charge is 0.341 e.